The number of hydrogen-bond donors (Lipinski definition) is 1. The molecule has 0 bridgehead atoms. The van der Waals surface area contributed by atoms with Crippen LogP contribution in [-0.4, -0.2) is 31.1 Å². The summed E-state index contributed by atoms with van der Waals surface area (Å²) in [6, 6.07) is 0.542. The van der Waals surface area contributed by atoms with Crippen molar-refractivity contribution in [2.45, 2.75) is 46.6 Å². The maximum atomic E-state index is 5.77. The summed E-state index contributed by atoms with van der Waals surface area (Å²) in [6.45, 7) is 11.0. The highest BCUT2D eigenvalue weighted by Crippen LogP contribution is 2.22. The first-order valence-corrected chi connectivity index (χ1v) is 5.31. The van der Waals surface area contributed by atoms with Crippen molar-refractivity contribution < 1.29 is 0 Å². The minimum Gasteiger partial charge on any atom is -0.329 e. The minimum atomic E-state index is 0.381. The second-order valence-electron chi connectivity index (χ2n) is 5.13. The van der Waals surface area contributed by atoms with Crippen LogP contribution in [-0.2, 0) is 0 Å². The SMILES string of the molecule is CCCN(C)C(CN)CC(C)(C)C. The Hall–Kier alpha value is -0.0800. The molecule has 13 heavy (non-hydrogen) atoms. The van der Waals surface area contributed by atoms with Crippen molar-refractivity contribution in [3.63, 3.8) is 0 Å². The third-order valence-electron chi connectivity index (χ3n) is 2.32. The Morgan fingerprint density at radius 2 is 1.85 bits per heavy atom. The van der Waals surface area contributed by atoms with Crippen molar-refractivity contribution in [1.29, 1.82) is 0 Å². The van der Waals surface area contributed by atoms with Gasteiger partial charge in [-0.3, -0.25) is 0 Å². The molecule has 2 N–H and O–H groups in total. The molecule has 0 aromatic carbocycles. The molecule has 0 saturated heterocycles. The van der Waals surface area contributed by atoms with Crippen molar-refractivity contribution in [1.82, 2.24) is 4.90 Å². The van der Waals surface area contributed by atoms with E-state index in [1.165, 1.54) is 12.8 Å². The van der Waals surface area contributed by atoms with E-state index in [1.807, 2.05) is 0 Å². The first-order valence-electron chi connectivity index (χ1n) is 5.31. The summed E-state index contributed by atoms with van der Waals surface area (Å²) in [5.41, 5.74) is 6.15. The van der Waals surface area contributed by atoms with Gasteiger partial charge in [-0.25, -0.2) is 0 Å². The number of hydrogen-bond acceptors (Lipinski definition) is 2. The normalized spacial score (nSPS) is 15.0. The third kappa shape index (κ3) is 6.05. The van der Waals surface area contributed by atoms with Gasteiger partial charge >= 0.3 is 0 Å². The Bertz CT molecular complexity index is 127. The molecule has 1 unspecified atom stereocenters. The van der Waals surface area contributed by atoms with E-state index >= 15 is 0 Å². The van der Waals surface area contributed by atoms with E-state index in [-0.39, 0.29) is 0 Å². The third-order valence-corrected chi connectivity index (χ3v) is 2.32. The molecule has 0 spiro atoms. The van der Waals surface area contributed by atoms with Crippen molar-refractivity contribution >= 4 is 0 Å². The zero-order valence-electron chi connectivity index (χ0n) is 9.93. The summed E-state index contributed by atoms with van der Waals surface area (Å²) in [5.74, 6) is 0. The lowest BCUT2D eigenvalue weighted by Gasteiger charge is -2.32. The maximum absolute atomic E-state index is 5.77. The van der Waals surface area contributed by atoms with E-state index < -0.39 is 0 Å². The fourth-order valence-corrected chi connectivity index (χ4v) is 1.66. The van der Waals surface area contributed by atoms with Gasteiger partial charge in [0.15, 0.2) is 0 Å². The predicted molar refractivity (Wildman–Crippen MR) is 59.8 cm³/mol. The lowest BCUT2D eigenvalue weighted by atomic mass is 9.87. The van der Waals surface area contributed by atoms with Gasteiger partial charge in [-0.2, -0.15) is 0 Å². The average molecular weight is 186 g/mol. The van der Waals surface area contributed by atoms with Crippen LogP contribution < -0.4 is 5.73 Å². The summed E-state index contributed by atoms with van der Waals surface area (Å²) in [6.07, 6.45) is 2.39. The monoisotopic (exact) mass is 186 g/mol. The molecule has 0 amide bonds. The zero-order chi connectivity index (χ0) is 10.5. The quantitative estimate of drug-likeness (QED) is 0.712. The Morgan fingerprint density at radius 3 is 2.15 bits per heavy atom. The molecular formula is C11H26N2. The topological polar surface area (TPSA) is 29.3 Å². The van der Waals surface area contributed by atoms with E-state index in [4.69, 9.17) is 5.73 Å². The van der Waals surface area contributed by atoms with Crippen molar-refractivity contribution in [2.24, 2.45) is 11.1 Å². The van der Waals surface area contributed by atoms with Crippen LogP contribution in [0, 0.1) is 5.41 Å². The van der Waals surface area contributed by atoms with Crippen LogP contribution in [0.15, 0.2) is 0 Å². The Balaban J connectivity index is 4.01. The summed E-state index contributed by atoms with van der Waals surface area (Å²) < 4.78 is 0. The molecule has 0 aliphatic rings. The first-order chi connectivity index (χ1) is 5.90. The van der Waals surface area contributed by atoms with E-state index in [1.54, 1.807) is 0 Å². The molecule has 0 radical (unpaired) electrons. The molecule has 0 aromatic heterocycles. The smallest absolute Gasteiger partial charge is 0.0220 e. The summed E-state index contributed by atoms with van der Waals surface area (Å²) in [4.78, 5) is 2.38. The van der Waals surface area contributed by atoms with Gasteiger partial charge in [0, 0.05) is 12.6 Å². The van der Waals surface area contributed by atoms with Crippen LogP contribution in [0.2, 0.25) is 0 Å². The van der Waals surface area contributed by atoms with E-state index in [0.717, 1.165) is 13.1 Å². The van der Waals surface area contributed by atoms with Gasteiger partial charge in [-0.05, 0) is 31.8 Å². The highest BCUT2D eigenvalue weighted by atomic mass is 15.1. The molecule has 2 nitrogen and oxygen atoms in total. The number of nitrogens with zero attached hydrogens (tertiary/aromatic N) is 1. The highest BCUT2D eigenvalue weighted by molar-refractivity contribution is 4.76. The van der Waals surface area contributed by atoms with Gasteiger partial charge in [0.25, 0.3) is 0 Å². The number of likely N-dealkylation sites (N-methyl/N-ethyl adjacent to an activating group) is 1. The molecule has 1 atom stereocenters. The molecule has 0 saturated carbocycles. The van der Waals surface area contributed by atoms with Crippen LogP contribution in [0.4, 0.5) is 0 Å². The fourth-order valence-electron chi connectivity index (χ4n) is 1.66. The van der Waals surface area contributed by atoms with Crippen LogP contribution >= 0.6 is 0 Å². The van der Waals surface area contributed by atoms with Crippen molar-refractivity contribution in [3.8, 4) is 0 Å². The Morgan fingerprint density at radius 1 is 1.31 bits per heavy atom. The van der Waals surface area contributed by atoms with Gasteiger partial charge in [0.1, 0.15) is 0 Å². The standard InChI is InChI=1S/C11H26N2/c1-6-7-13(5)10(9-12)8-11(2,3)4/h10H,6-9,12H2,1-5H3. The van der Waals surface area contributed by atoms with Crippen molar-refractivity contribution in [3.05, 3.63) is 0 Å². The van der Waals surface area contributed by atoms with E-state index in [9.17, 15) is 0 Å². The predicted octanol–water partition coefficient (Wildman–Crippen LogP) is 2.09. The summed E-state index contributed by atoms with van der Waals surface area (Å²) in [7, 11) is 2.17. The van der Waals surface area contributed by atoms with Gasteiger partial charge < -0.3 is 10.6 Å². The van der Waals surface area contributed by atoms with Gasteiger partial charge in [-0.15, -0.1) is 0 Å². The molecule has 0 rings (SSSR count). The number of rotatable bonds is 5. The molecule has 80 valence electrons. The molecule has 0 aromatic rings. The van der Waals surface area contributed by atoms with Crippen LogP contribution in [0.1, 0.15) is 40.5 Å². The second-order valence-corrected chi connectivity index (χ2v) is 5.13. The van der Waals surface area contributed by atoms with E-state index in [2.05, 4.69) is 39.6 Å². The lowest BCUT2D eigenvalue weighted by molar-refractivity contribution is 0.184. The molecular weight excluding hydrogens is 160 g/mol. The van der Waals surface area contributed by atoms with Crippen LogP contribution in [0.5, 0.6) is 0 Å². The Kier molecular flexibility index (Phi) is 5.57. The molecule has 0 aliphatic heterocycles. The largest absolute Gasteiger partial charge is 0.329 e. The van der Waals surface area contributed by atoms with Crippen LogP contribution in [0.3, 0.4) is 0 Å². The summed E-state index contributed by atoms with van der Waals surface area (Å²) in [5, 5.41) is 0. The van der Waals surface area contributed by atoms with Crippen molar-refractivity contribution in [2.75, 3.05) is 20.1 Å². The molecule has 0 heterocycles. The minimum absolute atomic E-state index is 0.381. The zero-order valence-corrected chi connectivity index (χ0v) is 9.93. The molecule has 0 aliphatic carbocycles. The van der Waals surface area contributed by atoms with Gasteiger partial charge in [0.05, 0.1) is 0 Å². The maximum Gasteiger partial charge on any atom is 0.0220 e. The lowest BCUT2D eigenvalue weighted by Crippen LogP contribution is -2.40. The van der Waals surface area contributed by atoms with E-state index in [0.29, 0.717) is 11.5 Å². The first kappa shape index (κ1) is 12.9. The Labute approximate surface area is 83.5 Å². The molecule has 2 heteroatoms. The van der Waals surface area contributed by atoms with Gasteiger partial charge in [-0.1, -0.05) is 27.7 Å². The van der Waals surface area contributed by atoms with Gasteiger partial charge in [0.2, 0.25) is 0 Å². The second kappa shape index (κ2) is 5.61. The highest BCUT2D eigenvalue weighted by Gasteiger charge is 2.20. The average Bonchev–Trinajstić information content (AvgIpc) is 1.99. The fraction of sp³-hybridized carbons (Fsp3) is 1.00. The number of nitrogens with two attached hydrogens (primary N) is 1. The molecule has 0 fully saturated rings. The van der Waals surface area contributed by atoms with Crippen LogP contribution in [0.25, 0.3) is 0 Å². The summed E-state index contributed by atoms with van der Waals surface area (Å²) >= 11 is 0.